The summed E-state index contributed by atoms with van der Waals surface area (Å²) >= 11 is 6.63. The highest BCUT2D eigenvalue weighted by Gasteiger charge is 2.33. The molecule has 2 aliphatic heterocycles. The zero-order valence-electron chi connectivity index (χ0n) is 18.3. The van der Waals surface area contributed by atoms with Gasteiger partial charge in [-0.25, -0.2) is 0 Å². The summed E-state index contributed by atoms with van der Waals surface area (Å²) in [6.07, 6.45) is 6.43. The standard InChI is InChI=1S/C23H28N4O2S2/c1-5-9-26-20(25-11-7-8-15(3)14-25)17(16(4)18(13-24)21(26)28)12-19-22(29)27(10-6-2)23(30)31-19/h6,12,15H,2,5,7-11,14H2,1,3-4H3. The Balaban J connectivity index is 2.25. The van der Waals surface area contributed by atoms with Crippen LogP contribution in [-0.4, -0.2) is 39.3 Å². The molecule has 2 saturated heterocycles. The second kappa shape index (κ2) is 9.84. The Labute approximate surface area is 193 Å². The summed E-state index contributed by atoms with van der Waals surface area (Å²) in [5, 5.41) is 9.72. The lowest BCUT2D eigenvalue weighted by Crippen LogP contribution is -2.40. The number of hydrogen-bond donors (Lipinski definition) is 0. The van der Waals surface area contributed by atoms with Gasteiger partial charge in [-0.3, -0.25) is 19.1 Å². The molecule has 1 atom stereocenters. The van der Waals surface area contributed by atoms with Gasteiger partial charge in [-0.2, -0.15) is 5.26 Å². The van der Waals surface area contributed by atoms with E-state index in [9.17, 15) is 14.9 Å². The fourth-order valence-electron chi connectivity index (χ4n) is 4.22. The number of amides is 1. The zero-order valence-corrected chi connectivity index (χ0v) is 19.9. The minimum Gasteiger partial charge on any atom is -0.357 e. The average molecular weight is 457 g/mol. The van der Waals surface area contributed by atoms with Crippen molar-refractivity contribution in [2.24, 2.45) is 5.92 Å². The highest BCUT2D eigenvalue weighted by Crippen LogP contribution is 2.36. The van der Waals surface area contributed by atoms with Gasteiger partial charge in [0, 0.05) is 31.7 Å². The molecule has 6 nitrogen and oxygen atoms in total. The molecule has 8 heteroatoms. The van der Waals surface area contributed by atoms with Gasteiger partial charge < -0.3 is 4.90 Å². The number of carbonyl (C=O) groups excluding carboxylic acids is 1. The van der Waals surface area contributed by atoms with Crippen LogP contribution < -0.4 is 10.5 Å². The van der Waals surface area contributed by atoms with Gasteiger partial charge in [-0.15, -0.1) is 6.58 Å². The van der Waals surface area contributed by atoms with E-state index >= 15 is 0 Å². The number of hydrogen-bond acceptors (Lipinski definition) is 6. The molecule has 1 amide bonds. The second-order valence-electron chi connectivity index (χ2n) is 8.08. The maximum atomic E-state index is 13.2. The zero-order chi connectivity index (χ0) is 22.7. The number of aromatic nitrogens is 1. The van der Waals surface area contributed by atoms with E-state index < -0.39 is 0 Å². The molecular weight excluding hydrogens is 428 g/mol. The topological polar surface area (TPSA) is 69.3 Å². The van der Waals surface area contributed by atoms with E-state index in [-0.39, 0.29) is 17.0 Å². The van der Waals surface area contributed by atoms with Gasteiger partial charge in [0.2, 0.25) is 0 Å². The van der Waals surface area contributed by atoms with Crippen LogP contribution in [0.25, 0.3) is 6.08 Å². The van der Waals surface area contributed by atoms with E-state index in [1.54, 1.807) is 17.6 Å². The molecule has 1 aromatic heterocycles. The minimum absolute atomic E-state index is 0.134. The van der Waals surface area contributed by atoms with E-state index in [1.807, 2.05) is 13.0 Å². The summed E-state index contributed by atoms with van der Waals surface area (Å²) in [4.78, 5) is 30.4. The molecule has 0 aliphatic carbocycles. The number of thioether (sulfide) groups is 1. The Morgan fingerprint density at radius 3 is 2.74 bits per heavy atom. The molecular formula is C23H28N4O2S2. The Morgan fingerprint density at radius 2 is 2.13 bits per heavy atom. The fourth-order valence-corrected chi connectivity index (χ4v) is 5.47. The van der Waals surface area contributed by atoms with Crippen molar-refractivity contribution in [1.82, 2.24) is 9.47 Å². The van der Waals surface area contributed by atoms with Gasteiger partial charge in [0.25, 0.3) is 11.5 Å². The lowest BCUT2D eigenvalue weighted by atomic mass is 9.98. The molecule has 164 valence electrons. The Bertz CT molecular complexity index is 1050. The van der Waals surface area contributed by atoms with Crippen molar-refractivity contribution in [2.75, 3.05) is 24.5 Å². The van der Waals surface area contributed by atoms with Crippen molar-refractivity contribution < 1.29 is 4.79 Å². The molecule has 3 heterocycles. The smallest absolute Gasteiger partial charge is 0.270 e. The molecule has 31 heavy (non-hydrogen) atoms. The van der Waals surface area contributed by atoms with Crippen LogP contribution in [-0.2, 0) is 11.3 Å². The largest absolute Gasteiger partial charge is 0.357 e. The summed E-state index contributed by atoms with van der Waals surface area (Å²) in [5.74, 6) is 1.15. The number of rotatable bonds is 6. The number of pyridine rings is 1. The lowest BCUT2D eigenvalue weighted by Gasteiger charge is -2.36. The molecule has 3 rings (SSSR count). The van der Waals surface area contributed by atoms with Crippen molar-refractivity contribution in [3.05, 3.63) is 44.6 Å². The first-order valence-electron chi connectivity index (χ1n) is 10.6. The molecule has 2 aliphatic rings. The first-order valence-corrected chi connectivity index (χ1v) is 11.8. The van der Waals surface area contributed by atoms with Crippen LogP contribution in [0.5, 0.6) is 0 Å². The Hall–Kier alpha value is -2.37. The van der Waals surface area contributed by atoms with Gasteiger partial charge in [0.1, 0.15) is 21.8 Å². The SMILES string of the molecule is C=CCN1C(=O)C(=Cc2c(C)c(C#N)c(=O)n(CCC)c2N2CCCC(C)C2)SC1=S. The molecule has 0 N–H and O–H groups in total. The van der Waals surface area contributed by atoms with Crippen molar-refractivity contribution in [3.63, 3.8) is 0 Å². The molecule has 0 saturated carbocycles. The highest BCUT2D eigenvalue weighted by molar-refractivity contribution is 8.26. The van der Waals surface area contributed by atoms with E-state index in [0.717, 1.165) is 43.7 Å². The maximum Gasteiger partial charge on any atom is 0.270 e. The van der Waals surface area contributed by atoms with Gasteiger partial charge in [-0.1, -0.05) is 43.9 Å². The average Bonchev–Trinajstić information content (AvgIpc) is 3.00. The van der Waals surface area contributed by atoms with Crippen molar-refractivity contribution in [1.29, 1.82) is 5.26 Å². The van der Waals surface area contributed by atoms with Crippen LogP contribution in [0.2, 0.25) is 0 Å². The number of piperidine rings is 1. The third-order valence-electron chi connectivity index (χ3n) is 5.71. The molecule has 0 bridgehead atoms. The number of carbonyl (C=O) groups is 1. The van der Waals surface area contributed by atoms with Crippen LogP contribution in [0.15, 0.2) is 22.4 Å². The molecule has 2 fully saturated rings. The Kier molecular flexibility index (Phi) is 7.39. The quantitative estimate of drug-likeness (QED) is 0.365. The van der Waals surface area contributed by atoms with E-state index in [1.165, 1.54) is 16.7 Å². The summed E-state index contributed by atoms with van der Waals surface area (Å²) in [6, 6.07) is 2.09. The van der Waals surface area contributed by atoms with Crippen LogP contribution in [0.3, 0.4) is 0 Å². The maximum absolute atomic E-state index is 13.2. The molecule has 0 radical (unpaired) electrons. The van der Waals surface area contributed by atoms with E-state index in [2.05, 4.69) is 24.5 Å². The second-order valence-corrected chi connectivity index (χ2v) is 9.76. The summed E-state index contributed by atoms with van der Waals surface area (Å²) in [5.41, 5.74) is 1.25. The van der Waals surface area contributed by atoms with Gasteiger partial charge >= 0.3 is 0 Å². The molecule has 1 aromatic rings. The number of nitrogens with zero attached hydrogens (tertiary/aromatic N) is 4. The Morgan fingerprint density at radius 1 is 1.39 bits per heavy atom. The lowest BCUT2D eigenvalue weighted by molar-refractivity contribution is -0.121. The predicted molar refractivity (Wildman–Crippen MR) is 131 cm³/mol. The molecule has 0 spiro atoms. The van der Waals surface area contributed by atoms with E-state index in [0.29, 0.717) is 33.8 Å². The normalized spacial score (nSPS) is 20.5. The molecule has 1 unspecified atom stereocenters. The van der Waals surface area contributed by atoms with Gasteiger partial charge in [-0.05, 0) is 43.7 Å². The van der Waals surface area contributed by atoms with Crippen LogP contribution >= 0.6 is 24.0 Å². The first-order chi connectivity index (χ1) is 14.8. The van der Waals surface area contributed by atoms with Crippen LogP contribution in [0, 0.1) is 24.2 Å². The van der Waals surface area contributed by atoms with Crippen molar-refractivity contribution >= 4 is 46.1 Å². The first kappa shape index (κ1) is 23.3. The number of anilines is 1. The highest BCUT2D eigenvalue weighted by atomic mass is 32.2. The monoisotopic (exact) mass is 456 g/mol. The van der Waals surface area contributed by atoms with Gasteiger partial charge in [0.05, 0.1) is 4.91 Å². The van der Waals surface area contributed by atoms with Crippen LogP contribution in [0.1, 0.15) is 49.8 Å². The number of thiocarbonyl (C=S) groups is 1. The van der Waals surface area contributed by atoms with E-state index in [4.69, 9.17) is 12.2 Å². The summed E-state index contributed by atoms with van der Waals surface area (Å²) in [7, 11) is 0. The predicted octanol–water partition coefficient (Wildman–Crippen LogP) is 4.06. The van der Waals surface area contributed by atoms with Gasteiger partial charge in [0.15, 0.2) is 0 Å². The van der Waals surface area contributed by atoms with Crippen molar-refractivity contribution in [2.45, 2.75) is 46.6 Å². The third kappa shape index (κ3) is 4.48. The molecule has 0 aromatic carbocycles. The van der Waals surface area contributed by atoms with Crippen LogP contribution in [0.4, 0.5) is 5.82 Å². The number of nitriles is 1. The van der Waals surface area contributed by atoms with Crippen molar-refractivity contribution in [3.8, 4) is 6.07 Å². The minimum atomic E-state index is -0.258. The fraction of sp³-hybridized carbons (Fsp3) is 0.478. The summed E-state index contributed by atoms with van der Waals surface area (Å²) < 4.78 is 2.21. The summed E-state index contributed by atoms with van der Waals surface area (Å²) in [6.45, 7) is 12.3. The third-order valence-corrected chi connectivity index (χ3v) is 7.09.